The van der Waals surface area contributed by atoms with Crippen molar-refractivity contribution in [3.8, 4) is 11.3 Å². The summed E-state index contributed by atoms with van der Waals surface area (Å²) in [5.41, 5.74) is 2.09. The Morgan fingerprint density at radius 1 is 1.10 bits per heavy atom. The Bertz CT molecular complexity index is 937. The zero-order valence-corrected chi connectivity index (χ0v) is 16.6. The van der Waals surface area contributed by atoms with Crippen LogP contribution >= 0.6 is 11.6 Å². The van der Waals surface area contributed by atoms with Gasteiger partial charge in [-0.15, -0.1) is 0 Å². The van der Waals surface area contributed by atoms with Crippen molar-refractivity contribution in [1.29, 1.82) is 0 Å². The molecule has 1 aliphatic rings. The maximum atomic E-state index is 12.6. The summed E-state index contributed by atoms with van der Waals surface area (Å²) < 4.78 is 0. The third-order valence-corrected chi connectivity index (χ3v) is 5.19. The van der Waals surface area contributed by atoms with Gasteiger partial charge in [0.15, 0.2) is 0 Å². The number of piperazine rings is 1. The fourth-order valence-corrected chi connectivity index (χ4v) is 3.47. The summed E-state index contributed by atoms with van der Waals surface area (Å²) in [7, 11) is 0. The normalized spacial score (nSPS) is 14.7. The van der Waals surface area contributed by atoms with E-state index in [1.54, 1.807) is 30.7 Å². The zero-order valence-electron chi connectivity index (χ0n) is 15.9. The Kier molecular flexibility index (Phi) is 6.02. The van der Waals surface area contributed by atoms with Gasteiger partial charge in [-0.2, -0.15) is 5.10 Å². The molecule has 1 saturated heterocycles. The predicted molar refractivity (Wildman–Crippen MR) is 112 cm³/mol. The van der Waals surface area contributed by atoms with Crippen molar-refractivity contribution in [2.45, 2.75) is 0 Å². The fraction of sp³-hybridized carbons (Fsp3) is 0.300. The highest BCUT2D eigenvalue weighted by Gasteiger charge is 2.19. The van der Waals surface area contributed by atoms with E-state index in [2.05, 4.69) is 35.3 Å². The van der Waals surface area contributed by atoms with E-state index in [9.17, 15) is 4.79 Å². The second kappa shape index (κ2) is 9.02. The molecule has 3 aromatic rings. The number of aromatic nitrogens is 4. The van der Waals surface area contributed by atoms with Crippen LogP contribution in [-0.2, 0) is 0 Å². The second-order valence-electron chi connectivity index (χ2n) is 6.80. The lowest BCUT2D eigenvalue weighted by atomic mass is 10.1. The van der Waals surface area contributed by atoms with Crippen molar-refractivity contribution in [2.24, 2.45) is 0 Å². The number of benzene rings is 1. The van der Waals surface area contributed by atoms with Gasteiger partial charge in [-0.25, -0.2) is 9.97 Å². The molecule has 2 N–H and O–H groups in total. The highest BCUT2D eigenvalue weighted by molar-refractivity contribution is 6.30. The van der Waals surface area contributed by atoms with E-state index in [1.165, 1.54) is 0 Å². The average molecular weight is 412 g/mol. The number of nitrogens with one attached hydrogen (secondary N) is 2. The smallest absolute Gasteiger partial charge is 0.255 e. The summed E-state index contributed by atoms with van der Waals surface area (Å²) in [6.07, 6.45) is 5.08. The number of anilines is 1. The van der Waals surface area contributed by atoms with Gasteiger partial charge >= 0.3 is 0 Å². The monoisotopic (exact) mass is 411 g/mol. The first kappa shape index (κ1) is 19.4. The molecule has 150 valence electrons. The Morgan fingerprint density at radius 3 is 2.55 bits per heavy atom. The maximum absolute atomic E-state index is 12.6. The first-order chi connectivity index (χ1) is 14.2. The summed E-state index contributed by atoms with van der Waals surface area (Å²) in [6.45, 7) is 4.95. The molecular weight excluding hydrogens is 390 g/mol. The van der Waals surface area contributed by atoms with Gasteiger partial charge < -0.3 is 10.2 Å². The first-order valence-corrected chi connectivity index (χ1v) is 9.90. The molecule has 1 aliphatic heterocycles. The van der Waals surface area contributed by atoms with Gasteiger partial charge in [-0.3, -0.25) is 14.8 Å². The molecule has 0 spiro atoms. The fourth-order valence-electron chi connectivity index (χ4n) is 3.34. The standard InChI is InChI=1S/C20H22ClN7O/c21-16-4-2-15(3-5-16)18-17(14-25-26-18)19(29)22-8-9-27-10-12-28(13-11-27)20-23-6-1-7-24-20/h1-7,14H,8-13H2,(H,22,29)(H,25,26). The lowest BCUT2D eigenvalue weighted by molar-refractivity contribution is 0.0948. The molecule has 1 amide bonds. The van der Waals surface area contributed by atoms with Crippen LogP contribution in [0.2, 0.25) is 5.02 Å². The molecule has 2 aromatic heterocycles. The minimum atomic E-state index is -0.139. The number of hydrogen-bond acceptors (Lipinski definition) is 6. The molecule has 1 aromatic carbocycles. The molecule has 29 heavy (non-hydrogen) atoms. The van der Waals surface area contributed by atoms with E-state index in [-0.39, 0.29) is 5.91 Å². The molecule has 0 bridgehead atoms. The Hall–Kier alpha value is -2.97. The van der Waals surface area contributed by atoms with Gasteiger partial charge in [-0.05, 0) is 18.2 Å². The molecule has 0 radical (unpaired) electrons. The van der Waals surface area contributed by atoms with Crippen molar-refractivity contribution >= 4 is 23.5 Å². The van der Waals surface area contributed by atoms with Gasteiger partial charge in [0.1, 0.15) is 0 Å². The van der Waals surface area contributed by atoms with E-state index < -0.39 is 0 Å². The average Bonchev–Trinajstić information content (AvgIpc) is 3.25. The third-order valence-electron chi connectivity index (χ3n) is 4.94. The van der Waals surface area contributed by atoms with Gasteiger partial charge in [0, 0.05) is 62.2 Å². The Labute approximate surface area is 173 Å². The van der Waals surface area contributed by atoms with E-state index in [4.69, 9.17) is 11.6 Å². The van der Waals surface area contributed by atoms with Crippen LogP contribution in [-0.4, -0.2) is 70.2 Å². The number of carbonyl (C=O) groups is 1. The van der Waals surface area contributed by atoms with Gasteiger partial charge in [-0.1, -0.05) is 23.7 Å². The van der Waals surface area contributed by atoms with Gasteiger partial charge in [0.05, 0.1) is 17.5 Å². The summed E-state index contributed by atoms with van der Waals surface area (Å²) in [6, 6.07) is 9.13. The number of carbonyl (C=O) groups excluding carboxylic acids is 1. The molecule has 8 nitrogen and oxygen atoms in total. The molecule has 4 rings (SSSR count). The Morgan fingerprint density at radius 2 is 1.83 bits per heavy atom. The number of amides is 1. The molecular formula is C20H22ClN7O. The maximum Gasteiger partial charge on any atom is 0.255 e. The highest BCUT2D eigenvalue weighted by atomic mass is 35.5. The number of hydrogen-bond donors (Lipinski definition) is 2. The number of H-pyrrole nitrogens is 1. The number of nitrogens with zero attached hydrogens (tertiary/aromatic N) is 5. The largest absolute Gasteiger partial charge is 0.351 e. The van der Waals surface area contributed by atoms with Crippen LogP contribution in [0.3, 0.4) is 0 Å². The lowest BCUT2D eigenvalue weighted by Gasteiger charge is -2.34. The molecule has 0 saturated carbocycles. The van der Waals surface area contributed by atoms with Crippen molar-refractivity contribution in [3.63, 3.8) is 0 Å². The predicted octanol–water partition coefficient (Wildman–Crippen LogP) is 2.07. The highest BCUT2D eigenvalue weighted by Crippen LogP contribution is 2.22. The quantitative estimate of drug-likeness (QED) is 0.645. The molecule has 1 fully saturated rings. The van der Waals surface area contributed by atoms with E-state index in [0.717, 1.165) is 44.2 Å². The van der Waals surface area contributed by atoms with Crippen molar-refractivity contribution in [1.82, 2.24) is 30.4 Å². The number of rotatable bonds is 6. The number of aromatic amines is 1. The second-order valence-corrected chi connectivity index (χ2v) is 7.24. The molecule has 9 heteroatoms. The minimum absolute atomic E-state index is 0.139. The van der Waals surface area contributed by atoms with Gasteiger partial charge in [0.2, 0.25) is 5.95 Å². The molecule has 0 unspecified atom stereocenters. The van der Waals surface area contributed by atoms with E-state index in [0.29, 0.717) is 22.8 Å². The lowest BCUT2D eigenvalue weighted by Crippen LogP contribution is -2.49. The van der Waals surface area contributed by atoms with Crippen LogP contribution in [0, 0.1) is 0 Å². The topological polar surface area (TPSA) is 90.0 Å². The summed E-state index contributed by atoms with van der Waals surface area (Å²) >= 11 is 5.94. The zero-order chi connectivity index (χ0) is 20.1. The molecule has 0 aliphatic carbocycles. The van der Waals surface area contributed by atoms with E-state index >= 15 is 0 Å². The van der Waals surface area contributed by atoms with Crippen LogP contribution in [0.4, 0.5) is 5.95 Å². The van der Waals surface area contributed by atoms with Gasteiger partial charge in [0.25, 0.3) is 5.91 Å². The Balaban J connectivity index is 1.26. The van der Waals surface area contributed by atoms with Crippen molar-refractivity contribution < 1.29 is 4.79 Å². The minimum Gasteiger partial charge on any atom is -0.351 e. The summed E-state index contributed by atoms with van der Waals surface area (Å²) in [4.78, 5) is 25.7. The van der Waals surface area contributed by atoms with E-state index in [1.807, 2.05) is 18.2 Å². The summed E-state index contributed by atoms with van der Waals surface area (Å²) in [5, 5.41) is 10.6. The third kappa shape index (κ3) is 4.72. The van der Waals surface area contributed by atoms with Crippen molar-refractivity contribution in [2.75, 3.05) is 44.2 Å². The van der Waals surface area contributed by atoms with Crippen LogP contribution in [0.25, 0.3) is 11.3 Å². The first-order valence-electron chi connectivity index (χ1n) is 9.52. The van der Waals surface area contributed by atoms with Crippen LogP contribution in [0.5, 0.6) is 0 Å². The molecule has 0 atom stereocenters. The van der Waals surface area contributed by atoms with Crippen LogP contribution in [0.1, 0.15) is 10.4 Å². The molecule has 3 heterocycles. The SMILES string of the molecule is O=C(NCCN1CCN(c2ncccn2)CC1)c1cn[nH]c1-c1ccc(Cl)cc1. The van der Waals surface area contributed by atoms with Crippen LogP contribution in [0.15, 0.2) is 48.9 Å². The number of halogens is 1. The van der Waals surface area contributed by atoms with Crippen molar-refractivity contribution in [3.05, 3.63) is 59.5 Å². The van der Waals surface area contributed by atoms with Crippen LogP contribution < -0.4 is 10.2 Å². The summed E-state index contributed by atoms with van der Waals surface area (Å²) in [5.74, 6) is 0.634.